The van der Waals surface area contributed by atoms with Crippen molar-refractivity contribution >= 4 is 5.78 Å². The summed E-state index contributed by atoms with van der Waals surface area (Å²) in [6.45, 7) is 3.41. The lowest BCUT2D eigenvalue weighted by molar-refractivity contribution is -0.116. The molecule has 0 N–H and O–H groups in total. The second-order valence-electron chi connectivity index (χ2n) is 4.85. The minimum Gasteiger partial charge on any atom is -0.494 e. The van der Waals surface area contributed by atoms with Crippen LogP contribution in [0.4, 0.5) is 0 Å². The van der Waals surface area contributed by atoms with Gasteiger partial charge in [-0.25, -0.2) is 0 Å². The normalized spacial score (nSPS) is 10.7. The Hall–Kier alpha value is -1.35. The number of ether oxygens (including phenoxy) is 1. The molecule has 0 amide bonds. The fraction of sp³-hybridized carbons (Fsp3) is 0.533. The largest absolute Gasteiger partial charge is 0.494 e. The average molecular weight is 249 g/mol. The Kier molecular flexibility index (Phi) is 6.44. The summed E-state index contributed by atoms with van der Waals surface area (Å²) < 4.78 is 5.64. The van der Waals surface area contributed by atoms with Crippen molar-refractivity contribution in [3.8, 4) is 5.75 Å². The van der Waals surface area contributed by atoms with Crippen LogP contribution in [0.25, 0.3) is 0 Å². The molecule has 0 aromatic heterocycles. The van der Waals surface area contributed by atoms with E-state index < -0.39 is 0 Å². The third-order valence-electron chi connectivity index (χ3n) is 2.71. The zero-order chi connectivity index (χ0) is 13.4. The SMILES string of the molecule is CC(=O)CCc1ccc(OCCCN(C)C)cc1. The smallest absolute Gasteiger partial charge is 0.130 e. The molecule has 1 aromatic carbocycles. The van der Waals surface area contributed by atoms with E-state index in [1.165, 1.54) is 5.56 Å². The Balaban J connectivity index is 2.29. The summed E-state index contributed by atoms with van der Waals surface area (Å²) in [7, 11) is 4.12. The first-order valence-corrected chi connectivity index (χ1v) is 6.44. The number of ketones is 1. The summed E-state index contributed by atoms with van der Waals surface area (Å²) in [6, 6.07) is 8.02. The molecule has 1 aromatic rings. The van der Waals surface area contributed by atoms with Crippen molar-refractivity contribution in [3.05, 3.63) is 29.8 Å². The Labute approximate surface area is 110 Å². The molecule has 0 aliphatic heterocycles. The van der Waals surface area contributed by atoms with Gasteiger partial charge in [-0.05, 0) is 51.6 Å². The van der Waals surface area contributed by atoms with Crippen molar-refractivity contribution in [2.75, 3.05) is 27.2 Å². The fourth-order valence-electron chi connectivity index (χ4n) is 1.64. The fourth-order valence-corrected chi connectivity index (χ4v) is 1.64. The van der Waals surface area contributed by atoms with Crippen molar-refractivity contribution in [1.29, 1.82) is 0 Å². The van der Waals surface area contributed by atoms with Crippen molar-refractivity contribution in [1.82, 2.24) is 4.90 Å². The maximum Gasteiger partial charge on any atom is 0.130 e. The molecule has 0 radical (unpaired) electrons. The van der Waals surface area contributed by atoms with Crippen molar-refractivity contribution in [3.63, 3.8) is 0 Å². The highest BCUT2D eigenvalue weighted by molar-refractivity contribution is 5.75. The van der Waals surface area contributed by atoms with Crippen LogP contribution in [0.1, 0.15) is 25.3 Å². The zero-order valence-corrected chi connectivity index (χ0v) is 11.6. The summed E-state index contributed by atoms with van der Waals surface area (Å²) in [4.78, 5) is 13.0. The monoisotopic (exact) mass is 249 g/mol. The lowest BCUT2D eigenvalue weighted by atomic mass is 10.1. The van der Waals surface area contributed by atoms with Gasteiger partial charge in [-0.15, -0.1) is 0 Å². The predicted octanol–water partition coefficient (Wildman–Crippen LogP) is 2.54. The van der Waals surface area contributed by atoms with Gasteiger partial charge < -0.3 is 14.4 Å². The minimum absolute atomic E-state index is 0.235. The van der Waals surface area contributed by atoms with Crippen LogP contribution in [0.2, 0.25) is 0 Å². The molecule has 1 rings (SSSR count). The van der Waals surface area contributed by atoms with Crippen molar-refractivity contribution in [2.45, 2.75) is 26.2 Å². The van der Waals surface area contributed by atoms with E-state index in [9.17, 15) is 4.79 Å². The van der Waals surface area contributed by atoms with Gasteiger partial charge in [-0.3, -0.25) is 0 Å². The van der Waals surface area contributed by atoms with E-state index in [1.807, 2.05) is 24.3 Å². The number of Topliss-reactive ketones (excluding diaryl/α,β-unsaturated/α-hetero) is 1. The maximum absolute atomic E-state index is 10.9. The third-order valence-corrected chi connectivity index (χ3v) is 2.71. The first kappa shape index (κ1) is 14.7. The molecule has 0 bridgehead atoms. The number of benzene rings is 1. The summed E-state index contributed by atoms with van der Waals surface area (Å²) >= 11 is 0. The van der Waals surface area contributed by atoms with Crippen LogP contribution in [-0.2, 0) is 11.2 Å². The van der Waals surface area contributed by atoms with Crippen LogP contribution in [0.15, 0.2) is 24.3 Å². The highest BCUT2D eigenvalue weighted by Gasteiger charge is 1.98. The number of aryl methyl sites for hydroxylation is 1. The van der Waals surface area contributed by atoms with Gasteiger partial charge in [-0.1, -0.05) is 12.1 Å². The first-order chi connectivity index (χ1) is 8.58. The summed E-state index contributed by atoms with van der Waals surface area (Å²) in [6.07, 6.45) is 2.46. The number of carbonyl (C=O) groups excluding carboxylic acids is 1. The molecular formula is C15H23NO2. The Bertz CT molecular complexity index is 357. The van der Waals surface area contributed by atoms with Gasteiger partial charge in [0.05, 0.1) is 6.61 Å². The highest BCUT2D eigenvalue weighted by Crippen LogP contribution is 2.13. The summed E-state index contributed by atoms with van der Waals surface area (Å²) in [5.41, 5.74) is 1.19. The Morgan fingerprint density at radius 1 is 1.22 bits per heavy atom. The molecule has 3 heteroatoms. The first-order valence-electron chi connectivity index (χ1n) is 6.44. The van der Waals surface area contributed by atoms with Gasteiger partial charge in [-0.2, -0.15) is 0 Å². The molecule has 0 aliphatic carbocycles. The van der Waals surface area contributed by atoms with Crippen LogP contribution in [0, 0.1) is 0 Å². The maximum atomic E-state index is 10.9. The molecule has 3 nitrogen and oxygen atoms in total. The lowest BCUT2D eigenvalue weighted by Gasteiger charge is -2.10. The van der Waals surface area contributed by atoms with Crippen molar-refractivity contribution < 1.29 is 9.53 Å². The molecule has 18 heavy (non-hydrogen) atoms. The zero-order valence-electron chi connectivity index (χ0n) is 11.6. The quantitative estimate of drug-likeness (QED) is 0.663. The number of hydrogen-bond acceptors (Lipinski definition) is 3. The van der Waals surface area contributed by atoms with E-state index >= 15 is 0 Å². The van der Waals surface area contributed by atoms with E-state index in [0.717, 1.165) is 31.7 Å². The topological polar surface area (TPSA) is 29.5 Å². The summed E-state index contributed by atoms with van der Waals surface area (Å²) in [5, 5.41) is 0. The molecule has 0 spiro atoms. The summed E-state index contributed by atoms with van der Waals surface area (Å²) in [5.74, 6) is 1.14. The molecule has 0 heterocycles. The Morgan fingerprint density at radius 2 is 1.89 bits per heavy atom. The highest BCUT2D eigenvalue weighted by atomic mass is 16.5. The van der Waals surface area contributed by atoms with E-state index in [4.69, 9.17) is 4.74 Å². The molecular weight excluding hydrogens is 226 g/mol. The van der Waals surface area contributed by atoms with E-state index in [0.29, 0.717) is 6.42 Å². The van der Waals surface area contributed by atoms with Crippen LogP contribution >= 0.6 is 0 Å². The van der Waals surface area contributed by atoms with E-state index in [1.54, 1.807) is 6.92 Å². The van der Waals surface area contributed by atoms with Crippen molar-refractivity contribution in [2.24, 2.45) is 0 Å². The van der Waals surface area contributed by atoms with Crippen LogP contribution in [0.3, 0.4) is 0 Å². The van der Waals surface area contributed by atoms with Gasteiger partial charge in [0.25, 0.3) is 0 Å². The van der Waals surface area contributed by atoms with Gasteiger partial charge in [0.1, 0.15) is 11.5 Å². The van der Waals surface area contributed by atoms with Crippen LogP contribution < -0.4 is 4.74 Å². The lowest BCUT2D eigenvalue weighted by Crippen LogP contribution is -2.15. The third kappa shape index (κ3) is 6.40. The van der Waals surface area contributed by atoms with Gasteiger partial charge in [0, 0.05) is 13.0 Å². The molecule has 0 saturated carbocycles. The Morgan fingerprint density at radius 3 is 2.44 bits per heavy atom. The molecule has 0 atom stereocenters. The predicted molar refractivity (Wildman–Crippen MR) is 74.1 cm³/mol. The number of rotatable bonds is 8. The van der Waals surface area contributed by atoms with Gasteiger partial charge in [0.15, 0.2) is 0 Å². The second kappa shape index (κ2) is 7.88. The average Bonchev–Trinajstić information content (AvgIpc) is 2.33. The van der Waals surface area contributed by atoms with Crippen LogP contribution in [-0.4, -0.2) is 37.9 Å². The second-order valence-corrected chi connectivity index (χ2v) is 4.85. The molecule has 0 saturated heterocycles. The molecule has 0 fully saturated rings. The molecule has 0 unspecified atom stereocenters. The van der Waals surface area contributed by atoms with E-state index in [2.05, 4.69) is 19.0 Å². The molecule has 100 valence electrons. The van der Waals surface area contributed by atoms with Gasteiger partial charge >= 0.3 is 0 Å². The van der Waals surface area contributed by atoms with E-state index in [-0.39, 0.29) is 5.78 Å². The standard InChI is InChI=1S/C15H23NO2/c1-13(17)5-6-14-7-9-15(10-8-14)18-12-4-11-16(2)3/h7-10H,4-6,11-12H2,1-3H3. The number of nitrogens with zero attached hydrogens (tertiary/aromatic N) is 1. The molecule has 0 aliphatic rings. The number of carbonyl (C=O) groups is 1. The van der Waals surface area contributed by atoms with Gasteiger partial charge in [0.2, 0.25) is 0 Å². The minimum atomic E-state index is 0.235. The van der Waals surface area contributed by atoms with Crippen LogP contribution in [0.5, 0.6) is 5.75 Å². The number of hydrogen-bond donors (Lipinski definition) is 0.